The van der Waals surface area contributed by atoms with Crippen LogP contribution in [0.25, 0.3) is 0 Å². The van der Waals surface area contributed by atoms with E-state index in [1.54, 1.807) is 6.92 Å². The molecule has 78 valence electrons. The number of nitrogens with two attached hydrogens (primary N) is 1. The second kappa shape index (κ2) is 8.95. The van der Waals surface area contributed by atoms with Gasteiger partial charge >= 0.3 is 11.9 Å². The number of carboxylic acid groups (broad SMARTS) is 2. The van der Waals surface area contributed by atoms with Gasteiger partial charge in [0.25, 0.3) is 0 Å². The number of rotatable bonds is 4. The number of hydrogen-bond acceptors (Lipinski definition) is 4. The van der Waals surface area contributed by atoms with Gasteiger partial charge in [-0.25, -0.2) is 0 Å². The van der Waals surface area contributed by atoms with Crippen molar-refractivity contribution in [3.8, 4) is 0 Å². The maximum atomic E-state index is 9.99. The quantitative estimate of drug-likeness (QED) is 0.466. The highest BCUT2D eigenvalue weighted by Gasteiger charge is 2.12. The highest BCUT2D eigenvalue weighted by Crippen LogP contribution is 1.93. The molecule has 0 bridgehead atoms. The third-order valence-corrected chi connectivity index (χ3v) is 0.986. The van der Waals surface area contributed by atoms with Gasteiger partial charge in [-0.3, -0.25) is 9.59 Å². The summed E-state index contributed by atoms with van der Waals surface area (Å²) in [6.07, 6.45) is -0.224. The zero-order chi connectivity index (χ0) is 10.9. The number of hydrogen-bond donors (Lipinski definition) is 4. The van der Waals surface area contributed by atoms with Crippen LogP contribution in [-0.2, 0) is 9.59 Å². The molecule has 6 heteroatoms. The Morgan fingerprint density at radius 2 is 1.77 bits per heavy atom. The molecule has 0 aromatic rings. The van der Waals surface area contributed by atoms with Gasteiger partial charge in [-0.15, -0.1) is 0 Å². The zero-order valence-electron chi connectivity index (χ0n) is 7.43. The van der Waals surface area contributed by atoms with Crippen LogP contribution < -0.4 is 5.73 Å². The number of carboxylic acids is 2. The van der Waals surface area contributed by atoms with E-state index in [2.05, 4.69) is 0 Å². The zero-order valence-corrected chi connectivity index (χ0v) is 7.43. The molecule has 0 unspecified atom stereocenters. The van der Waals surface area contributed by atoms with E-state index in [0.717, 1.165) is 0 Å². The summed E-state index contributed by atoms with van der Waals surface area (Å²) in [6, 6.07) is -1.06. The molecule has 0 aromatic heterocycles. The monoisotopic (exact) mass is 193 g/mol. The van der Waals surface area contributed by atoms with Crippen molar-refractivity contribution in [2.45, 2.75) is 25.8 Å². The first-order valence-electron chi connectivity index (χ1n) is 3.76. The molecule has 0 aliphatic heterocycles. The Morgan fingerprint density at radius 1 is 1.38 bits per heavy atom. The molecule has 0 aromatic carbocycles. The minimum absolute atomic E-state index is 0.0231. The summed E-state index contributed by atoms with van der Waals surface area (Å²) in [6.45, 7) is 1.93. The van der Waals surface area contributed by atoms with Crippen LogP contribution in [0, 0.1) is 0 Å². The van der Waals surface area contributed by atoms with Gasteiger partial charge in [0, 0.05) is 13.0 Å². The fourth-order valence-electron chi connectivity index (χ4n) is 0.402. The first-order chi connectivity index (χ1) is 5.95. The van der Waals surface area contributed by atoms with Crippen molar-refractivity contribution in [2.24, 2.45) is 5.73 Å². The summed E-state index contributed by atoms with van der Waals surface area (Å²) in [4.78, 5) is 19.9. The van der Waals surface area contributed by atoms with Gasteiger partial charge in [0.15, 0.2) is 0 Å². The molecule has 0 aliphatic carbocycles. The maximum absolute atomic E-state index is 9.99. The minimum atomic E-state index is -1.17. The molecule has 0 amide bonds. The first-order valence-corrected chi connectivity index (χ1v) is 3.76. The second-order valence-electron chi connectivity index (χ2n) is 2.19. The summed E-state index contributed by atoms with van der Waals surface area (Å²) in [5.74, 6) is -2.20. The summed E-state index contributed by atoms with van der Waals surface area (Å²) >= 11 is 0. The summed E-state index contributed by atoms with van der Waals surface area (Å²) in [7, 11) is 0. The molecule has 0 radical (unpaired) electrons. The van der Waals surface area contributed by atoms with Crippen molar-refractivity contribution in [1.82, 2.24) is 0 Å². The highest BCUT2D eigenvalue weighted by molar-refractivity contribution is 5.74. The van der Waals surface area contributed by atoms with Gasteiger partial charge in [-0.1, -0.05) is 0 Å². The van der Waals surface area contributed by atoms with E-state index in [1.807, 2.05) is 0 Å². The van der Waals surface area contributed by atoms with E-state index in [1.165, 1.54) is 0 Å². The molecular formula is C7H15NO5. The molecule has 6 nitrogen and oxygen atoms in total. The van der Waals surface area contributed by atoms with Crippen LogP contribution in [0.4, 0.5) is 0 Å². The van der Waals surface area contributed by atoms with Crippen LogP contribution in [0.2, 0.25) is 0 Å². The number of aliphatic hydroxyl groups excluding tert-OH is 1. The standard InChI is InChI=1S/C5H9NO4.C2H6O/c6-3(5(9)10)1-2-4(7)8;1-2-3/h3H,1-2,6H2,(H,7,8)(H,9,10);3H,2H2,1H3/t3-;/m0./s1. The third kappa shape index (κ3) is 13.8. The van der Waals surface area contributed by atoms with E-state index >= 15 is 0 Å². The highest BCUT2D eigenvalue weighted by atomic mass is 16.4. The van der Waals surface area contributed by atoms with Crippen molar-refractivity contribution in [2.75, 3.05) is 6.61 Å². The van der Waals surface area contributed by atoms with Gasteiger partial charge < -0.3 is 21.1 Å². The maximum Gasteiger partial charge on any atom is 0.320 e. The van der Waals surface area contributed by atoms with E-state index in [0.29, 0.717) is 0 Å². The smallest absolute Gasteiger partial charge is 0.320 e. The summed E-state index contributed by atoms with van der Waals surface area (Å²) in [5, 5.41) is 23.8. The van der Waals surface area contributed by atoms with Crippen molar-refractivity contribution in [1.29, 1.82) is 0 Å². The molecule has 5 N–H and O–H groups in total. The van der Waals surface area contributed by atoms with E-state index in [4.69, 9.17) is 21.1 Å². The van der Waals surface area contributed by atoms with E-state index in [-0.39, 0.29) is 19.4 Å². The molecular weight excluding hydrogens is 178 g/mol. The molecule has 0 spiro atoms. The Bertz CT molecular complexity index is 159. The molecule has 13 heavy (non-hydrogen) atoms. The molecule has 0 saturated carbocycles. The molecule has 1 atom stereocenters. The second-order valence-corrected chi connectivity index (χ2v) is 2.19. The fourth-order valence-corrected chi connectivity index (χ4v) is 0.402. The van der Waals surface area contributed by atoms with Gasteiger partial charge in [0.2, 0.25) is 0 Å². The van der Waals surface area contributed by atoms with Crippen molar-refractivity contribution >= 4 is 11.9 Å². The Labute approximate surface area is 76.0 Å². The lowest BCUT2D eigenvalue weighted by atomic mass is 10.2. The molecule has 0 saturated heterocycles. The first kappa shape index (κ1) is 14.4. The number of aliphatic carboxylic acids is 2. The van der Waals surface area contributed by atoms with Gasteiger partial charge in [-0.05, 0) is 13.3 Å². The fraction of sp³-hybridized carbons (Fsp3) is 0.714. The van der Waals surface area contributed by atoms with E-state index < -0.39 is 18.0 Å². The van der Waals surface area contributed by atoms with E-state index in [9.17, 15) is 9.59 Å². The van der Waals surface area contributed by atoms with Gasteiger partial charge in [0.05, 0.1) is 0 Å². The van der Waals surface area contributed by atoms with Crippen LogP contribution in [0.15, 0.2) is 0 Å². The average molecular weight is 193 g/mol. The molecule has 0 heterocycles. The lowest BCUT2D eigenvalue weighted by Gasteiger charge is -2.01. The lowest BCUT2D eigenvalue weighted by molar-refractivity contribution is -0.139. The van der Waals surface area contributed by atoms with Gasteiger partial charge in [0.1, 0.15) is 6.04 Å². The van der Waals surface area contributed by atoms with Crippen LogP contribution in [-0.4, -0.2) is 39.9 Å². The van der Waals surface area contributed by atoms with Crippen molar-refractivity contribution in [3.63, 3.8) is 0 Å². The predicted octanol–water partition coefficient (Wildman–Crippen LogP) is -0.738. The van der Waals surface area contributed by atoms with Crippen LogP contribution in [0.3, 0.4) is 0 Å². The Morgan fingerprint density at radius 3 is 2.00 bits per heavy atom. The average Bonchev–Trinajstić information content (AvgIpc) is 2.01. The van der Waals surface area contributed by atoms with Crippen LogP contribution in [0.5, 0.6) is 0 Å². The topological polar surface area (TPSA) is 121 Å². The minimum Gasteiger partial charge on any atom is -0.481 e. The normalized spacial score (nSPS) is 11.0. The summed E-state index contributed by atoms with van der Waals surface area (Å²) < 4.78 is 0. The lowest BCUT2D eigenvalue weighted by Crippen LogP contribution is -2.30. The number of carbonyl (C=O) groups is 2. The third-order valence-electron chi connectivity index (χ3n) is 0.986. The SMILES string of the molecule is CCO.N[C@@H](CCC(=O)O)C(=O)O. The van der Waals surface area contributed by atoms with Crippen LogP contribution >= 0.6 is 0 Å². The molecule has 0 fully saturated rings. The van der Waals surface area contributed by atoms with Crippen molar-refractivity contribution in [3.05, 3.63) is 0 Å². The Hall–Kier alpha value is -1.14. The largest absolute Gasteiger partial charge is 0.481 e. The summed E-state index contributed by atoms with van der Waals surface area (Å²) in [5.41, 5.74) is 5.00. The molecule has 0 rings (SSSR count). The Balaban J connectivity index is 0. The van der Waals surface area contributed by atoms with Gasteiger partial charge in [-0.2, -0.15) is 0 Å². The predicted molar refractivity (Wildman–Crippen MR) is 45.2 cm³/mol. The Kier molecular flexibility index (Phi) is 9.91. The van der Waals surface area contributed by atoms with Crippen molar-refractivity contribution < 1.29 is 24.9 Å². The van der Waals surface area contributed by atoms with Crippen LogP contribution in [0.1, 0.15) is 19.8 Å². The number of aliphatic hydroxyl groups is 1. The molecule has 0 aliphatic rings.